The molecule has 0 aromatic heterocycles. The minimum atomic E-state index is -3.21. The van der Waals surface area contributed by atoms with E-state index in [1.807, 2.05) is 18.7 Å². The lowest BCUT2D eigenvalue weighted by Gasteiger charge is -2.34. The van der Waals surface area contributed by atoms with Gasteiger partial charge < -0.3 is 15.4 Å². The van der Waals surface area contributed by atoms with Crippen LogP contribution in [0.2, 0.25) is 0 Å². The van der Waals surface area contributed by atoms with Crippen LogP contribution >= 0.6 is 11.8 Å². The topological polar surface area (TPSA) is 86.3 Å². The average Bonchev–Trinajstić information content (AvgIpc) is 2.72. The van der Waals surface area contributed by atoms with E-state index < -0.39 is 10.0 Å². The predicted octanol–water partition coefficient (Wildman–Crippen LogP) is 0.667. The van der Waals surface area contributed by atoms with E-state index in [1.165, 1.54) is 0 Å². The molecule has 2 aliphatic heterocycles. The van der Waals surface area contributed by atoms with Crippen LogP contribution in [0.5, 0.6) is 0 Å². The monoisotopic (exact) mass is 449 g/mol. The zero-order valence-electron chi connectivity index (χ0n) is 18.2. The summed E-state index contributed by atoms with van der Waals surface area (Å²) < 4.78 is 32.1. The third kappa shape index (κ3) is 9.00. The van der Waals surface area contributed by atoms with Crippen molar-refractivity contribution in [1.82, 2.24) is 19.8 Å². The van der Waals surface area contributed by atoms with E-state index in [-0.39, 0.29) is 5.75 Å². The number of sulfonamides is 1. The number of rotatable bonds is 10. The Bertz CT molecular complexity index is 589. The molecule has 0 bridgehead atoms. The average molecular weight is 450 g/mol. The van der Waals surface area contributed by atoms with Gasteiger partial charge in [0.1, 0.15) is 0 Å². The minimum absolute atomic E-state index is 0.0982. The van der Waals surface area contributed by atoms with Gasteiger partial charge in [-0.25, -0.2) is 12.7 Å². The van der Waals surface area contributed by atoms with Crippen molar-refractivity contribution in [3.8, 4) is 0 Å². The van der Waals surface area contributed by atoms with Crippen molar-refractivity contribution in [2.24, 2.45) is 10.9 Å². The van der Waals surface area contributed by atoms with Crippen molar-refractivity contribution in [3.05, 3.63) is 0 Å². The first-order valence-electron chi connectivity index (χ1n) is 10.8. The van der Waals surface area contributed by atoms with Crippen molar-refractivity contribution in [2.45, 2.75) is 33.2 Å². The Morgan fingerprint density at radius 2 is 1.83 bits per heavy atom. The smallest absolute Gasteiger partial charge is 0.215 e. The number of ether oxygens (including phenoxy) is 1. The summed E-state index contributed by atoms with van der Waals surface area (Å²) in [7, 11) is -3.21. The highest BCUT2D eigenvalue weighted by Gasteiger charge is 2.24. The number of nitrogens with zero attached hydrogens (tertiary/aromatic N) is 3. The normalized spacial score (nSPS) is 21.3. The van der Waals surface area contributed by atoms with Gasteiger partial charge in [0.2, 0.25) is 10.0 Å². The molecule has 1 unspecified atom stereocenters. The van der Waals surface area contributed by atoms with E-state index in [9.17, 15) is 8.42 Å². The number of guanidine groups is 1. The highest BCUT2D eigenvalue weighted by Crippen LogP contribution is 2.14. The summed E-state index contributed by atoms with van der Waals surface area (Å²) in [6.45, 7) is 13.0. The second kappa shape index (κ2) is 13.0. The fourth-order valence-electron chi connectivity index (χ4n) is 3.62. The molecule has 1 atom stereocenters. The predicted molar refractivity (Wildman–Crippen MR) is 122 cm³/mol. The molecule has 0 aromatic rings. The molecule has 2 N–H and O–H groups in total. The van der Waals surface area contributed by atoms with Gasteiger partial charge in [-0.15, -0.1) is 0 Å². The van der Waals surface area contributed by atoms with Crippen molar-refractivity contribution < 1.29 is 13.2 Å². The first-order chi connectivity index (χ1) is 13.9. The maximum atomic E-state index is 12.5. The number of morpholine rings is 1. The molecule has 0 amide bonds. The molecule has 2 rings (SSSR count). The largest absolute Gasteiger partial charge is 0.379 e. The number of thioether (sulfide) groups is 1. The summed E-state index contributed by atoms with van der Waals surface area (Å²) >= 11 is 1.81. The fourth-order valence-corrected chi connectivity index (χ4v) is 6.11. The Hall–Kier alpha value is -0.550. The van der Waals surface area contributed by atoms with E-state index in [0.717, 1.165) is 50.8 Å². The summed E-state index contributed by atoms with van der Waals surface area (Å²) in [6, 6.07) is 0.379. The van der Waals surface area contributed by atoms with E-state index >= 15 is 0 Å². The van der Waals surface area contributed by atoms with Gasteiger partial charge in [0.15, 0.2) is 5.96 Å². The van der Waals surface area contributed by atoms with Gasteiger partial charge in [-0.05, 0) is 19.3 Å². The first-order valence-corrected chi connectivity index (χ1v) is 13.6. The third-order valence-electron chi connectivity index (χ3n) is 5.13. The lowest BCUT2D eigenvalue weighted by atomic mass is 10.0. The van der Waals surface area contributed by atoms with Gasteiger partial charge in [0, 0.05) is 56.8 Å². The molecule has 29 heavy (non-hydrogen) atoms. The maximum Gasteiger partial charge on any atom is 0.215 e. The quantitative estimate of drug-likeness (QED) is 0.374. The Labute approximate surface area is 181 Å². The molecule has 0 radical (unpaired) electrons. The third-order valence-corrected chi connectivity index (χ3v) is 7.94. The molecule has 2 fully saturated rings. The second-order valence-electron chi connectivity index (χ2n) is 7.91. The number of hydrogen-bond acceptors (Lipinski definition) is 6. The second-order valence-corrected chi connectivity index (χ2v) is 11.2. The number of hydrogen-bond donors (Lipinski definition) is 2. The zero-order chi connectivity index (χ0) is 21.1. The van der Waals surface area contributed by atoms with Crippen LogP contribution in [-0.2, 0) is 14.8 Å². The van der Waals surface area contributed by atoms with Crippen LogP contribution in [-0.4, -0.2) is 106 Å². The van der Waals surface area contributed by atoms with Crippen LogP contribution < -0.4 is 10.6 Å². The number of aliphatic imine (C=N–C) groups is 1. The van der Waals surface area contributed by atoms with Crippen molar-refractivity contribution in [3.63, 3.8) is 0 Å². The van der Waals surface area contributed by atoms with Gasteiger partial charge >= 0.3 is 0 Å². The van der Waals surface area contributed by atoms with Crippen molar-refractivity contribution in [2.75, 3.05) is 76.3 Å². The van der Waals surface area contributed by atoms with Crippen LogP contribution in [0.1, 0.15) is 27.2 Å². The zero-order valence-corrected chi connectivity index (χ0v) is 19.9. The van der Waals surface area contributed by atoms with E-state index in [2.05, 4.69) is 29.4 Å². The molecule has 2 heterocycles. The van der Waals surface area contributed by atoms with Gasteiger partial charge in [-0.3, -0.25) is 9.89 Å². The van der Waals surface area contributed by atoms with Crippen LogP contribution in [0.15, 0.2) is 4.99 Å². The summed E-state index contributed by atoms with van der Waals surface area (Å²) in [6.07, 6.45) is 1.09. The Morgan fingerprint density at radius 3 is 2.45 bits per heavy atom. The highest BCUT2D eigenvalue weighted by atomic mass is 32.2. The van der Waals surface area contributed by atoms with Crippen LogP contribution in [0.4, 0.5) is 0 Å². The molecular formula is C19H39N5O3S2. The molecular weight excluding hydrogens is 410 g/mol. The molecule has 0 aliphatic carbocycles. The fraction of sp³-hybridized carbons (Fsp3) is 0.947. The van der Waals surface area contributed by atoms with Gasteiger partial charge in [-0.1, -0.05) is 13.8 Å². The van der Waals surface area contributed by atoms with Gasteiger partial charge in [0.05, 0.1) is 25.5 Å². The SMILES string of the molecule is CCNC(=NCC(CC(C)C)N1CCOCC1)NCCS(=O)(=O)N1CCSCC1. The summed E-state index contributed by atoms with van der Waals surface area (Å²) in [4.78, 5) is 7.24. The standard InChI is InChI=1S/C19H39N5O3S2/c1-4-20-19(21-5-14-29(25,26)24-8-12-28-13-9-24)22-16-18(15-17(2)3)23-6-10-27-11-7-23/h17-18H,4-16H2,1-3H3,(H2,20,21,22). The van der Waals surface area contributed by atoms with Crippen LogP contribution in [0.3, 0.4) is 0 Å². The summed E-state index contributed by atoms with van der Waals surface area (Å²) in [5.41, 5.74) is 0. The lowest BCUT2D eigenvalue weighted by Crippen LogP contribution is -2.47. The van der Waals surface area contributed by atoms with E-state index in [4.69, 9.17) is 9.73 Å². The maximum absolute atomic E-state index is 12.5. The van der Waals surface area contributed by atoms with Gasteiger partial charge in [0.25, 0.3) is 0 Å². The molecule has 0 saturated carbocycles. The van der Waals surface area contributed by atoms with Crippen LogP contribution in [0, 0.1) is 5.92 Å². The molecule has 10 heteroatoms. The molecule has 170 valence electrons. The number of nitrogens with one attached hydrogen (secondary N) is 2. The van der Waals surface area contributed by atoms with E-state index in [0.29, 0.717) is 44.1 Å². The molecule has 2 aliphatic rings. The Kier molecular flexibility index (Phi) is 11.1. The lowest BCUT2D eigenvalue weighted by molar-refractivity contribution is 0.0143. The summed E-state index contributed by atoms with van der Waals surface area (Å²) in [5.74, 6) is 3.16. The van der Waals surface area contributed by atoms with Crippen molar-refractivity contribution in [1.29, 1.82) is 0 Å². The van der Waals surface area contributed by atoms with Crippen molar-refractivity contribution >= 4 is 27.7 Å². The van der Waals surface area contributed by atoms with E-state index in [1.54, 1.807) is 4.31 Å². The molecule has 0 spiro atoms. The molecule has 8 nitrogen and oxygen atoms in total. The first kappa shape index (κ1) is 24.7. The highest BCUT2D eigenvalue weighted by molar-refractivity contribution is 7.99. The summed E-state index contributed by atoms with van der Waals surface area (Å²) in [5, 5.41) is 6.46. The van der Waals surface area contributed by atoms with Gasteiger partial charge in [-0.2, -0.15) is 11.8 Å². The Morgan fingerprint density at radius 1 is 1.14 bits per heavy atom. The minimum Gasteiger partial charge on any atom is -0.379 e. The van der Waals surface area contributed by atoms with Crippen LogP contribution in [0.25, 0.3) is 0 Å². The molecule has 2 saturated heterocycles. The molecule has 0 aromatic carbocycles. The Balaban J connectivity index is 1.89.